The minimum atomic E-state index is -1.11. The molecular weight excluding hydrogens is 508 g/mol. The highest BCUT2D eigenvalue weighted by atomic mass is 16.5. The van der Waals surface area contributed by atoms with E-state index in [0.29, 0.717) is 19.4 Å². The van der Waals surface area contributed by atoms with Gasteiger partial charge in [-0.05, 0) is 54.0 Å². The maximum Gasteiger partial charge on any atom is 0.407 e. The lowest BCUT2D eigenvalue weighted by molar-refractivity contribution is -0.154. The van der Waals surface area contributed by atoms with Gasteiger partial charge in [-0.15, -0.1) is 0 Å². The van der Waals surface area contributed by atoms with Crippen LogP contribution in [-0.2, 0) is 25.7 Å². The molecule has 3 atom stereocenters. The summed E-state index contributed by atoms with van der Waals surface area (Å²) in [6, 6.07) is 23.6. The summed E-state index contributed by atoms with van der Waals surface area (Å²) >= 11 is 0. The average molecular weight is 543 g/mol. The zero-order chi connectivity index (χ0) is 28.1. The number of carboxylic acid groups (broad SMARTS) is 1. The number of likely N-dealkylation sites (tertiary alicyclic amines) is 1. The van der Waals surface area contributed by atoms with Crippen molar-refractivity contribution >= 4 is 18.0 Å². The van der Waals surface area contributed by atoms with Gasteiger partial charge in [-0.25, -0.2) is 9.59 Å². The average Bonchev–Trinajstić information content (AvgIpc) is 3.31. The number of fused-ring (bicyclic) bond motifs is 3. The number of hydrogen-bond acceptors (Lipinski definition) is 5. The number of nitrogens with one attached hydrogen (secondary N) is 1. The van der Waals surface area contributed by atoms with Crippen molar-refractivity contribution < 1.29 is 29.0 Å². The first-order valence-corrected chi connectivity index (χ1v) is 13.7. The largest absolute Gasteiger partial charge is 0.480 e. The SMILES string of the molecule is C[C@H](OCc1ccccc1)[C@@H](NC(=O)OCC1c2ccccc2-c2ccccc21)C(=O)N1CCCC[C@H]1C(=O)O. The molecule has 0 radical (unpaired) electrons. The van der Waals surface area contributed by atoms with Gasteiger partial charge in [0, 0.05) is 12.5 Å². The van der Waals surface area contributed by atoms with Crippen LogP contribution in [0.5, 0.6) is 0 Å². The number of alkyl carbamates (subject to hydrolysis) is 1. The van der Waals surface area contributed by atoms with E-state index in [0.717, 1.165) is 34.2 Å². The molecule has 2 aliphatic rings. The van der Waals surface area contributed by atoms with Crippen LogP contribution in [0, 0.1) is 0 Å². The van der Waals surface area contributed by atoms with Gasteiger partial charge in [0.15, 0.2) is 0 Å². The number of piperidine rings is 1. The lowest BCUT2D eigenvalue weighted by Crippen LogP contribution is -2.59. The van der Waals surface area contributed by atoms with E-state index in [4.69, 9.17) is 9.47 Å². The van der Waals surface area contributed by atoms with Crippen LogP contribution in [-0.4, -0.2) is 59.3 Å². The van der Waals surface area contributed by atoms with Crippen LogP contribution < -0.4 is 5.32 Å². The van der Waals surface area contributed by atoms with Crippen LogP contribution in [0.2, 0.25) is 0 Å². The summed E-state index contributed by atoms with van der Waals surface area (Å²) in [7, 11) is 0. The van der Waals surface area contributed by atoms with Gasteiger partial charge in [0.2, 0.25) is 5.91 Å². The Morgan fingerprint density at radius 3 is 2.20 bits per heavy atom. The van der Waals surface area contributed by atoms with E-state index in [1.165, 1.54) is 4.90 Å². The molecule has 0 aromatic heterocycles. The fraction of sp³-hybridized carbons (Fsp3) is 0.344. The molecule has 2 amide bonds. The summed E-state index contributed by atoms with van der Waals surface area (Å²) in [6.45, 7) is 2.35. The quantitative estimate of drug-likeness (QED) is 0.396. The molecule has 1 aliphatic carbocycles. The highest BCUT2D eigenvalue weighted by molar-refractivity contribution is 5.90. The van der Waals surface area contributed by atoms with Crippen molar-refractivity contribution in [3.63, 3.8) is 0 Å². The molecule has 0 saturated carbocycles. The molecule has 5 rings (SSSR count). The van der Waals surface area contributed by atoms with Crippen LogP contribution in [0.1, 0.15) is 48.8 Å². The number of aliphatic carboxylic acids is 1. The van der Waals surface area contributed by atoms with Crippen molar-refractivity contribution in [3.05, 3.63) is 95.6 Å². The maximum absolute atomic E-state index is 13.7. The Labute approximate surface area is 233 Å². The van der Waals surface area contributed by atoms with E-state index in [1.54, 1.807) is 6.92 Å². The summed E-state index contributed by atoms with van der Waals surface area (Å²) in [5, 5.41) is 12.5. The number of carbonyl (C=O) groups is 3. The smallest absolute Gasteiger partial charge is 0.407 e. The fourth-order valence-electron chi connectivity index (χ4n) is 5.68. The number of benzene rings is 3. The lowest BCUT2D eigenvalue weighted by atomic mass is 9.98. The van der Waals surface area contributed by atoms with E-state index >= 15 is 0 Å². The minimum absolute atomic E-state index is 0.0987. The van der Waals surface area contributed by atoms with E-state index < -0.39 is 36.2 Å². The molecule has 1 fully saturated rings. The molecule has 40 heavy (non-hydrogen) atoms. The molecule has 8 nitrogen and oxygen atoms in total. The van der Waals surface area contributed by atoms with E-state index in [-0.39, 0.29) is 19.1 Å². The van der Waals surface area contributed by atoms with Crippen molar-refractivity contribution in [2.75, 3.05) is 13.2 Å². The summed E-state index contributed by atoms with van der Waals surface area (Å²) in [6.07, 6.45) is 0.319. The van der Waals surface area contributed by atoms with Gasteiger partial charge < -0.3 is 24.8 Å². The van der Waals surface area contributed by atoms with Gasteiger partial charge in [0.05, 0.1) is 12.7 Å². The summed E-state index contributed by atoms with van der Waals surface area (Å²) in [4.78, 5) is 40.1. The number of carbonyl (C=O) groups excluding carboxylic acids is 2. The highest BCUT2D eigenvalue weighted by Crippen LogP contribution is 2.44. The van der Waals surface area contributed by atoms with Crippen LogP contribution in [0.25, 0.3) is 11.1 Å². The lowest BCUT2D eigenvalue weighted by Gasteiger charge is -2.36. The topological polar surface area (TPSA) is 105 Å². The molecular formula is C32H34N2O6. The first-order chi connectivity index (χ1) is 19.4. The Morgan fingerprint density at radius 1 is 0.925 bits per heavy atom. The number of amides is 2. The highest BCUT2D eigenvalue weighted by Gasteiger charge is 2.39. The molecule has 8 heteroatoms. The van der Waals surface area contributed by atoms with Crippen molar-refractivity contribution in [2.24, 2.45) is 0 Å². The fourth-order valence-corrected chi connectivity index (χ4v) is 5.68. The Hall–Kier alpha value is -4.17. The Kier molecular flexibility index (Phi) is 8.45. The molecule has 3 aromatic rings. The normalized spacial score (nSPS) is 17.8. The van der Waals surface area contributed by atoms with Crippen LogP contribution in [0.3, 0.4) is 0 Å². The van der Waals surface area contributed by atoms with Gasteiger partial charge in [-0.3, -0.25) is 4.79 Å². The van der Waals surface area contributed by atoms with Crippen molar-refractivity contribution in [2.45, 2.75) is 56.9 Å². The molecule has 1 aliphatic heterocycles. The van der Waals surface area contributed by atoms with E-state index in [9.17, 15) is 19.5 Å². The van der Waals surface area contributed by atoms with Crippen LogP contribution in [0.4, 0.5) is 4.79 Å². The second kappa shape index (κ2) is 12.3. The second-order valence-electron chi connectivity index (χ2n) is 10.3. The second-order valence-corrected chi connectivity index (χ2v) is 10.3. The predicted octanol–water partition coefficient (Wildman–Crippen LogP) is 4.96. The Bertz CT molecular complexity index is 1310. The summed E-state index contributed by atoms with van der Waals surface area (Å²) in [5.74, 6) is -1.66. The van der Waals surface area contributed by atoms with Gasteiger partial charge in [-0.1, -0.05) is 78.9 Å². The zero-order valence-corrected chi connectivity index (χ0v) is 22.5. The predicted molar refractivity (Wildman–Crippen MR) is 150 cm³/mol. The zero-order valence-electron chi connectivity index (χ0n) is 22.5. The van der Waals surface area contributed by atoms with Gasteiger partial charge in [0.1, 0.15) is 18.7 Å². The van der Waals surface area contributed by atoms with Gasteiger partial charge in [0.25, 0.3) is 0 Å². The molecule has 0 bridgehead atoms. The standard InChI is InChI=1S/C32H34N2O6/c1-21(39-19-22-11-3-2-4-12-22)29(30(35)34-18-10-9-17-28(34)31(36)37)33-32(38)40-20-27-25-15-7-5-13-23(25)24-14-6-8-16-26(24)27/h2-8,11-16,21,27-29H,9-10,17-20H2,1H3,(H,33,38)(H,36,37)/t21-,28-,29+/m0/s1. The third-order valence-corrected chi connectivity index (χ3v) is 7.78. The minimum Gasteiger partial charge on any atom is -0.480 e. The number of hydrogen-bond donors (Lipinski definition) is 2. The summed E-state index contributed by atoms with van der Waals surface area (Å²) < 4.78 is 11.7. The van der Waals surface area contributed by atoms with E-state index in [2.05, 4.69) is 17.4 Å². The van der Waals surface area contributed by atoms with Gasteiger partial charge in [-0.2, -0.15) is 0 Å². The molecule has 0 unspecified atom stereocenters. The molecule has 1 heterocycles. The number of carboxylic acids is 1. The molecule has 2 N–H and O–H groups in total. The summed E-state index contributed by atoms with van der Waals surface area (Å²) in [5.41, 5.74) is 5.33. The van der Waals surface area contributed by atoms with Gasteiger partial charge >= 0.3 is 12.1 Å². The van der Waals surface area contributed by atoms with Crippen molar-refractivity contribution in [1.82, 2.24) is 10.2 Å². The third kappa shape index (κ3) is 5.87. The first-order valence-electron chi connectivity index (χ1n) is 13.7. The van der Waals surface area contributed by atoms with E-state index in [1.807, 2.05) is 66.7 Å². The molecule has 3 aromatic carbocycles. The maximum atomic E-state index is 13.7. The van der Waals surface area contributed by atoms with Crippen molar-refractivity contribution in [1.29, 1.82) is 0 Å². The third-order valence-electron chi connectivity index (χ3n) is 7.78. The van der Waals surface area contributed by atoms with Crippen LogP contribution >= 0.6 is 0 Å². The molecule has 208 valence electrons. The number of rotatable bonds is 9. The van der Waals surface area contributed by atoms with Crippen LogP contribution in [0.15, 0.2) is 78.9 Å². The molecule has 0 spiro atoms. The Balaban J connectivity index is 1.31. The Morgan fingerprint density at radius 2 is 1.55 bits per heavy atom. The number of ether oxygens (including phenoxy) is 2. The monoisotopic (exact) mass is 542 g/mol. The van der Waals surface area contributed by atoms with Crippen molar-refractivity contribution in [3.8, 4) is 11.1 Å². The number of nitrogens with zero attached hydrogens (tertiary/aromatic N) is 1. The molecule has 1 saturated heterocycles. The first kappa shape index (κ1) is 27.4.